The first-order valence-corrected chi connectivity index (χ1v) is 7.44. The van der Waals surface area contributed by atoms with Gasteiger partial charge in [-0.2, -0.15) is 5.10 Å². The Balaban J connectivity index is 2.14. The van der Waals surface area contributed by atoms with Gasteiger partial charge < -0.3 is 9.84 Å². The Kier molecular flexibility index (Phi) is 5.67. The summed E-state index contributed by atoms with van der Waals surface area (Å²) in [5.74, 6) is -1.03. The van der Waals surface area contributed by atoms with Crippen LogP contribution in [0, 0.1) is 10.1 Å². The number of nitrogens with zero attached hydrogens (tertiary/aromatic N) is 2. The summed E-state index contributed by atoms with van der Waals surface area (Å²) in [5, 5.41) is 24.4. The van der Waals surface area contributed by atoms with Crippen molar-refractivity contribution in [3.05, 3.63) is 63.2 Å². The van der Waals surface area contributed by atoms with E-state index < -0.39 is 22.3 Å². The van der Waals surface area contributed by atoms with E-state index in [1.54, 1.807) is 12.1 Å². The highest BCUT2D eigenvalue weighted by Crippen LogP contribution is 2.36. The molecular weight excluding hydrogens is 326 g/mol. The normalized spacial score (nSPS) is 10.6. The van der Waals surface area contributed by atoms with Crippen LogP contribution in [-0.4, -0.2) is 29.3 Å². The number of aromatic hydroxyl groups is 1. The number of aryl methyl sites for hydroxylation is 1. The van der Waals surface area contributed by atoms with Gasteiger partial charge in [0.1, 0.15) is 0 Å². The molecule has 0 atom stereocenters. The van der Waals surface area contributed by atoms with Gasteiger partial charge in [0.15, 0.2) is 5.75 Å². The molecule has 0 spiro atoms. The van der Waals surface area contributed by atoms with Crippen LogP contribution in [0.1, 0.15) is 28.4 Å². The lowest BCUT2D eigenvalue weighted by Gasteiger charge is -2.05. The lowest BCUT2D eigenvalue weighted by atomic mass is 10.1. The van der Waals surface area contributed by atoms with Crippen molar-refractivity contribution in [3.8, 4) is 11.5 Å². The molecule has 0 aliphatic carbocycles. The van der Waals surface area contributed by atoms with Crippen LogP contribution in [0.5, 0.6) is 11.5 Å². The molecule has 0 aromatic heterocycles. The highest BCUT2D eigenvalue weighted by molar-refractivity contribution is 5.95. The van der Waals surface area contributed by atoms with Crippen molar-refractivity contribution >= 4 is 17.8 Å². The van der Waals surface area contributed by atoms with Crippen LogP contribution >= 0.6 is 0 Å². The zero-order valence-electron chi connectivity index (χ0n) is 13.7. The molecule has 0 aliphatic rings. The first-order chi connectivity index (χ1) is 12.0. The summed E-state index contributed by atoms with van der Waals surface area (Å²) in [6, 6.07) is 9.59. The molecule has 0 saturated carbocycles. The van der Waals surface area contributed by atoms with E-state index in [0.29, 0.717) is 11.1 Å². The third-order valence-corrected chi connectivity index (χ3v) is 3.50. The standard InChI is InChI=1S/C17H17N3O5/c1-3-11-4-6-13(7-5-11)17(22)19-18-10-12-8-14(20(23)24)16(21)15(9-12)25-2/h4-10,21H,3H2,1-2H3,(H,19,22)/b18-10-. The van der Waals surface area contributed by atoms with Crippen LogP contribution in [0.25, 0.3) is 0 Å². The fourth-order valence-corrected chi connectivity index (χ4v) is 2.10. The summed E-state index contributed by atoms with van der Waals surface area (Å²) in [5.41, 5.74) is 3.69. The van der Waals surface area contributed by atoms with E-state index in [9.17, 15) is 20.0 Å². The number of carbonyl (C=O) groups is 1. The second-order valence-electron chi connectivity index (χ2n) is 5.10. The fourth-order valence-electron chi connectivity index (χ4n) is 2.10. The maximum atomic E-state index is 12.0. The van der Waals surface area contributed by atoms with E-state index in [1.165, 1.54) is 19.4 Å². The van der Waals surface area contributed by atoms with Gasteiger partial charge in [-0.05, 0) is 30.2 Å². The molecule has 0 saturated heterocycles. The minimum absolute atomic E-state index is 0.0582. The number of hydrogen-bond donors (Lipinski definition) is 2. The maximum Gasteiger partial charge on any atom is 0.315 e. The Morgan fingerprint density at radius 1 is 1.36 bits per heavy atom. The Labute approximate surface area is 143 Å². The molecule has 0 radical (unpaired) electrons. The zero-order chi connectivity index (χ0) is 18.4. The molecule has 8 heteroatoms. The first-order valence-electron chi connectivity index (χ1n) is 7.44. The van der Waals surface area contributed by atoms with E-state index in [-0.39, 0.29) is 5.75 Å². The summed E-state index contributed by atoms with van der Waals surface area (Å²) in [6.45, 7) is 2.02. The zero-order valence-corrected chi connectivity index (χ0v) is 13.7. The van der Waals surface area contributed by atoms with Crippen molar-refractivity contribution in [2.24, 2.45) is 5.10 Å². The Morgan fingerprint density at radius 2 is 2.04 bits per heavy atom. The third kappa shape index (κ3) is 4.31. The highest BCUT2D eigenvalue weighted by atomic mass is 16.6. The first kappa shape index (κ1) is 17.9. The number of nitro benzene ring substituents is 1. The summed E-state index contributed by atoms with van der Waals surface area (Å²) < 4.78 is 4.89. The molecule has 2 aromatic carbocycles. The average Bonchev–Trinajstić information content (AvgIpc) is 2.62. The van der Waals surface area contributed by atoms with Crippen LogP contribution in [0.2, 0.25) is 0 Å². The number of nitrogens with one attached hydrogen (secondary N) is 1. The van der Waals surface area contributed by atoms with Crippen molar-refractivity contribution in [1.82, 2.24) is 5.43 Å². The number of carbonyl (C=O) groups excluding carboxylic acids is 1. The van der Waals surface area contributed by atoms with Gasteiger partial charge in [0.2, 0.25) is 5.75 Å². The average molecular weight is 343 g/mol. The molecule has 25 heavy (non-hydrogen) atoms. The molecule has 130 valence electrons. The lowest BCUT2D eigenvalue weighted by molar-refractivity contribution is -0.386. The van der Waals surface area contributed by atoms with Crippen molar-refractivity contribution < 1.29 is 19.6 Å². The Hall–Kier alpha value is -3.42. The topological polar surface area (TPSA) is 114 Å². The smallest absolute Gasteiger partial charge is 0.315 e. The van der Waals surface area contributed by atoms with Crippen molar-refractivity contribution in [2.45, 2.75) is 13.3 Å². The molecule has 8 nitrogen and oxygen atoms in total. The summed E-state index contributed by atoms with van der Waals surface area (Å²) in [6.07, 6.45) is 2.11. The molecule has 2 aromatic rings. The summed E-state index contributed by atoms with van der Waals surface area (Å²) in [4.78, 5) is 22.2. The monoisotopic (exact) mass is 343 g/mol. The van der Waals surface area contributed by atoms with E-state index >= 15 is 0 Å². The second kappa shape index (κ2) is 7.91. The number of nitro groups is 1. The minimum Gasteiger partial charge on any atom is -0.500 e. The number of methoxy groups -OCH3 is 1. The van der Waals surface area contributed by atoms with Crippen molar-refractivity contribution in [3.63, 3.8) is 0 Å². The number of benzene rings is 2. The quantitative estimate of drug-likeness (QED) is 0.475. The van der Waals surface area contributed by atoms with Gasteiger partial charge in [0, 0.05) is 17.2 Å². The predicted molar refractivity (Wildman–Crippen MR) is 92.2 cm³/mol. The number of phenols is 1. The molecule has 0 fully saturated rings. The van der Waals surface area contributed by atoms with Gasteiger partial charge in [-0.25, -0.2) is 5.43 Å². The molecule has 2 rings (SSSR count). The van der Waals surface area contributed by atoms with Crippen LogP contribution in [0.15, 0.2) is 41.5 Å². The SMILES string of the molecule is CCc1ccc(C(=O)N/N=C\c2cc(OC)c(O)c([N+](=O)[O-])c2)cc1. The van der Waals surface area contributed by atoms with Gasteiger partial charge in [0.05, 0.1) is 18.2 Å². The molecule has 1 amide bonds. The largest absolute Gasteiger partial charge is 0.500 e. The number of phenolic OH excluding ortho intramolecular Hbond substituents is 1. The van der Waals surface area contributed by atoms with Gasteiger partial charge in [-0.15, -0.1) is 0 Å². The van der Waals surface area contributed by atoms with E-state index in [4.69, 9.17) is 4.74 Å². The van der Waals surface area contributed by atoms with Crippen molar-refractivity contribution in [2.75, 3.05) is 7.11 Å². The lowest BCUT2D eigenvalue weighted by Crippen LogP contribution is -2.17. The Bertz CT molecular complexity index is 816. The van der Waals surface area contributed by atoms with Crippen molar-refractivity contribution in [1.29, 1.82) is 0 Å². The van der Waals surface area contributed by atoms with E-state index in [2.05, 4.69) is 10.5 Å². The number of rotatable bonds is 6. The molecule has 0 bridgehead atoms. The summed E-state index contributed by atoms with van der Waals surface area (Å²) >= 11 is 0. The van der Waals surface area contributed by atoms with Gasteiger partial charge >= 0.3 is 5.69 Å². The third-order valence-electron chi connectivity index (χ3n) is 3.50. The van der Waals surface area contributed by atoms with E-state index in [0.717, 1.165) is 18.1 Å². The van der Waals surface area contributed by atoms with Crippen LogP contribution in [-0.2, 0) is 6.42 Å². The molecule has 0 heterocycles. The van der Waals surface area contributed by atoms with Gasteiger partial charge in [-0.3, -0.25) is 14.9 Å². The second-order valence-corrected chi connectivity index (χ2v) is 5.10. The van der Waals surface area contributed by atoms with Crippen LogP contribution in [0.3, 0.4) is 0 Å². The molecule has 0 unspecified atom stereocenters. The van der Waals surface area contributed by atoms with E-state index in [1.807, 2.05) is 19.1 Å². The highest BCUT2D eigenvalue weighted by Gasteiger charge is 2.19. The predicted octanol–water partition coefficient (Wildman–Crippen LogP) is 2.64. The van der Waals surface area contributed by atoms with Crippen LogP contribution < -0.4 is 10.2 Å². The van der Waals surface area contributed by atoms with Crippen LogP contribution in [0.4, 0.5) is 5.69 Å². The number of hydrazone groups is 1. The fraction of sp³-hybridized carbons (Fsp3) is 0.176. The van der Waals surface area contributed by atoms with Gasteiger partial charge in [0.25, 0.3) is 5.91 Å². The van der Waals surface area contributed by atoms with Gasteiger partial charge in [-0.1, -0.05) is 19.1 Å². The maximum absolute atomic E-state index is 12.0. The number of ether oxygens (including phenoxy) is 1. The Morgan fingerprint density at radius 3 is 2.60 bits per heavy atom. The molecular formula is C17H17N3O5. The minimum atomic E-state index is -0.733. The number of hydrogen-bond acceptors (Lipinski definition) is 6. The molecule has 0 aliphatic heterocycles. The number of amides is 1. The summed E-state index contributed by atoms with van der Waals surface area (Å²) in [7, 11) is 1.28. The molecule has 2 N–H and O–H groups in total.